The number of hydrogen-bond acceptors (Lipinski definition) is 6. The van der Waals surface area contributed by atoms with Gasteiger partial charge in [-0.25, -0.2) is 0 Å². The van der Waals surface area contributed by atoms with Gasteiger partial charge in [0.2, 0.25) is 11.9 Å². The molecule has 1 aromatic carbocycles. The van der Waals surface area contributed by atoms with Crippen LogP contribution < -0.4 is 9.80 Å². The third kappa shape index (κ3) is 5.06. The number of anilines is 2. The Kier molecular flexibility index (Phi) is 6.86. The predicted octanol–water partition coefficient (Wildman–Crippen LogP) is 4.62. The Morgan fingerprint density at radius 2 is 1.59 bits per heavy atom. The number of likely N-dealkylation sites (N-methyl/N-ethyl adjacent to an activating group) is 1. The highest BCUT2D eigenvalue weighted by atomic mass is 15.4. The van der Waals surface area contributed by atoms with Gasteiger partial charge in [-0.1, -0.05) is 49.6 Å². The third-order valence-electron chi connectivity index (χ3n) is 7.60. The standard InChI is InChI=1S/C26H38N6/c1-30(23-15-18-31(20-23)19-21-11-5-2-6-12-21)25-27-24(22-13-7-3-8-14-22)28-26(29-25)32-16-9-4-10-17-32/h2,5-6,11-12,22-23H,3-4,7-10,13-20H2,1H3. The van der Waals surface area contributed by atoms with Gasteiger partial charge in [-0.05, 0) is 44.1 Å². The Balaban J connectivity index is 1.34. The summed E-state index contributed by atoms with van der Waals surface area (Å²) in [6.45, 7) is 5.37. The molecule has 0 spiro atoms. The maximum atomic E-state index is 5.06. The van der Waals surface area contributed by atoms with Gasteiger partial charge in [-0.3, -0.25) is 4.90 Å². The number of piperidine rings is 1. The number of likely N-dealkylation sites (tertiary alicyclic amines) is 1. The van der Waals surface area contributed by atoms with Crippen LogP contribution in [0, 0.1) is 0 Å². The van der Waals surface area contributed by atoms with Gasteiger partial charge in [0, 0.05) is 51.7 Å². The van der Waals surface area contributed by atoms with Crippen LogP contribution in [0.4, 0.5) is 11.9 Å². The molecule has 5 rings (SSSR count). The number of hydrogen-bond donors (Lipinski definition) is 0. The molecule has 2 aromatic rings. The number of nitrogens with zero attached hydrogens (tertiary/aromatic N) is 6. The molecule has 6 nitrogen and oxygen atoms in total. The molecule has 0 radical (unpaired) electrons. The van der Waals surface area contributed by atoms with E-state index >= 15 is 0 Å². The molecule has 3 fully saturated rings. The molecule has 1 atom stereocenters. The molecule has 3 heterocycles. The highest BCUT2D eigenvalue weighted by molar-refractivity contribution is 5.40. The minimum absolute atomic E-state index is 0.453. The molecular weight excluding hydrogens is 396 g/mol. The molecule has 2 saturated heterocycles. The van der Waals surface area contributed by atoms with Crippen molar-refractivity contribution in [1.29, 1.82) is 0 Å². The Bertz CT molecular complexity index is 824. The van der Waals surface area contributed by atoms with Crippen molar-refractivity contribution in [1.82, 2.24) is 19.9 Å². The van der Waals surface area contributed by atoms with Gasteiger partial charge in [0.15, 0.2) is 0 Å². The zero-order valence-corrected chi connectivity index (χ0v) is 19.6. The van der Waals surface area contributed by atoms with Crippen molar-refractivity contribution in [2.24, 2.45) is 0 Å². The second-order valence-electron chi connectivity index (χ2n) is 9.95. The van der Waals surface area contributed by atoms with Gasteiger partial charge in [0.05, 0.1) is 0 Å². The van der Waals surface area contributed by atoms with E-state index in [1.807, 2.05) is 0 Å². The highest BCUT2D eigenvalue weighted by Gasteiger charge is 2.29. The summed E-state index contributed by atoms with van der Waals surface area (Å²) in [5.41, 5.74) is 1.39. The summed E-state index contributed by atoms with van der Waals surface area (Å²) >= 11 is 0. The van der Waals surface area contributed by atoms with Crippen molar-refractivity contribution in [3.05, 3.63) is 41.7 Å². The second-order valence-corrected chi connectivity index (χ2v) is 9.95. The smallest absolute Gasteiger partial charge is 0.230 e. The fourth-order valence-corrected chi connectivity index (χ4v) is 5.58. The van der Waals surface area contributed by atoms with Gasteiger partial charge >= 0.3 is 0 Å². The lowest BCUT2D eigenvalue weighted by molar-refractivity contribution is 0.325. The largest absolute Gasteiger partial charge is 0.341 e. The highest BCUT2D eigenvalue weighted by Crippen LogP contribution is 2.33. The summed E-state index contributed by atoms with van der Waals surface area (Å²) in [4.78, 5) is 22.4. The van der Waals surface area contributed by atoms with E-state index < -0.39 is 0 Å². The number of aromatic nitrogens is 3. The van der Waals surface area contributed by atoms with E-state index in [4.69, 9.17) is 15.0 Å². The normalized spacial score (nSPS) is 22.9. The van der Waals surface area contributed by atoms with Crippen LogP contribution in [0.25, 0.3) is 0 Å². The molecule has 1 aliphatic carbocycles. The summed E-state index contributed by atoms with van der Waals surface area (Å²) in [6.07, 6.45) is 11.4. The first-order valence-electron chi connectivity index (χ1n) is 12.8. The summed E-state index contributed by atoms with van der Waals surface area (Å²) in [6, 6.07) is 11.3. The van der Waals surface area contributed by atoms with Crippen molar-refractivity contribution >= 4 is 11.9 Å². The molecule has 0 amide bonds. The number of rotatable bonds is 6. The van der Waals surface area contributed by atoms with Gasteiger partial charge in [-0.15, -0.1) is 0 Å². The van der Waals surface area contributed by atoms with E-state index in [1.165, 1.54) is 56.9 Å². The topological polar surface area (TPSA) is 48.4 Å². The molecule has 0 bridgehead atoms. The van der Waals surface area contributed by atoms with E-state index in [0.29, 0.717) is 12.0 Å². The minimum atomic E-state index is 0.453. The van der Waals surface area contributed by atoms with E-state index in [-0.39, 0.29) is 0 Å². The first-order chi connectivity index (χ1) is 15.8. The van der Waals surface area contributed by atoms with E-state index in [2.05, 4.69) is 52.1 Å². The molecule has 6 heteroatoms. The summed E-state index contributed by atoms with van der Waals surface area (Å²) in [5.74, 6) is 3.34. The molecule has 172 valence electrons. The lowest BCUT2D eigenvalue weighted by atomic mass is 9.89. The van der Waals surface area contributed by atoms with Crippen LogP contribution in [0.2, 0.25) is 0 Å². The molecule has 1 aromatic heterocycles. The minimum Gasteiger partial charge on any atom is -0.341 e. The van der Waals surface area contributed by atoms with E-state index in [1.54, 1.807) is 0 Å². The quantitative estimate of drug-likeness (QED) is 0.661. The van der Waals surface area contributed by atoms with Crippen LogP contribution in [-0.4, -0.2) is 59.1 Å². The van der Waals surface area contributed by atoms with Gasteiger partial charge in [0.25, 0.3) is 0 Å². The van der Waals surface area contributed by atoms with Crippen LogP contribution in [0.3, 0.4) is 0 Å². The molecule has 0 N–H and O–H groups in total. The lowest BCUT2D eigenvalue weighted by Crippen LogP contribution is -2.37. The Labute approximate surface area is 193 Å². The predicted molar refractivity (Wildman–Crippen MR) is 130 cm³/mol. The monoisotopic (exact) mass is 434 g/mol. The van der Waals surface area contributed by atoms with Gasteiger partial charge in [0.1, 0.15) is 5.82 Å². The fourth-order valence-electron chi connectivity index (χ4n) is 5.58. The maximum absolute atomic E-state index is 5.06. The van der Waals surface area contributed by atoms with Crippen molar-refractivity contribution in [2.45, 2.75) is 76.3 Å². The average molecular weight is 435 g/mol. The van der Waals surface area contributed by atoms with Crippen LogP contribution in [0.15, 0.2) is 30.3 Å². The van der Waals surface area contributed by atoms with Crippen molar-refractivity contribution in [3.63, 3.8) is 0 Å². The van der Waals surface area contributed by atoms with Crippen molar-refractivity contribution in [2.75, 3.05) is 43.0 Å². The van der Waals surface area contributed by atoms with Gasteiger partial charge in [-0.2, -0.15) is 15.0 Å². The molecule has 1 unspecified atom stereocenters. The van der Waals surface area contributed by atoms with Crippen molar-refractivity contribution in [3.8, 4) is 0 Å². The fraction of sp³-hybridized carbons (Fsp3) is 0.654. The maximum Gasteiger partial charge on any atom is 0.230 e. The van der Waals surface area contributed by atoms with Crippen LogP contribution in [0.5, 0.6) is 0 Å². The van der Waals surface area contributed by atoms with Crippen LogP contribution >= 0.6 is 0 Å². The summed E-state index contributed by atoms with van der Waals surface area (Å²) in [5, 5.41) is 0. The molecule has 32 heavy (non-hydrogen) atoms. The zero-order chi connectivity index (χ0) is 21.8. The average Bonchev–Trinajstić information content (AvgIpc) is 3.33. The Morgan fingerprint density at radius 3 is 2.38 bits per heavy atom. The third-order valence-corrected chi connectivity index (χ3v) is 7.60. The number of benzene rings is 1. The van der Waals surface area contributed by atoms with Gasteiger partial charge < -0.3 is 9.80 Å². The first kappa shape index (κ1) is 21.6. The lowest BCUT2D eigenvalue weighted by Gasteiger charge is -2.30. The molecular formula is C26H38N6. The Hall–Kier alpha value is -2.21. The second kappa shape index (κ2) is 10.2. The van der Waals surface area contributed by atoms with E-state index in [0.717, 1.165) is 56.9 Å². The molecule has 2 aliphatic heterocycles. The van der Waals surface area contributed by atoms with Crippen LogP contribution in [0.1, 0.15) is 75.1 Å². The Morgan fingerprint density at radius 1 is 0.844 bits per heavy atom. The summed E-state index contributed by atoms with van der Waals surface area (Å²) in [7, 11) is 2.19. The summed E-state index contributed by atoms with van der Waals surface area (Å²) < 4.78 is 0. The van der Waals surface area contributed by atoms with E-state index in [9.17, 15) is 0 Å². The first-order valence-corrected chi connectivity index (χ1v) is 12.8. The van der Waals surface area contributed by atoms with Crippen molar-refractivity contribution < 1.29 is 0 Å². The SMILES string of the molecule is CN(c1nc(C2CCCCC2)nc(N2CCCCC2)n1)C1CCN(Cc2ccccc2)C1. The molecule has 3 aliphatic rings. The van der Waals surface area contributed by atoms with Crippen LogP contribution in [-0.2, 0) is 6.54 Å². The molecule has 1 saturated carbocycles. The zero-order valence-electron chi connectivity index (χ0n) is 19.6.